The largest absolute Gasteiger partial charge is 0.494 e. The van der Waals surface area contributed by atoms with Gasteiger partial charge in [-0.05, 0) is 31.4 Å². The number of aromatic nitrogens is 2. The van der Waals surface area contributed by atoms with Crippen molar-refractivity contribution in [3.8, 4) is 5.75 Å². The van der Waals surface area contributed by atoms with Crippen molar-refractivity contribution in [2.45, 2.75) is 25.3 Å². The van der Waals surface area contributed by atoms with Gasteiger partial charge >= 0.3 is 6.03 Å². The Kier molecular flexibility index (Phi) is 5.64. The molecular weight excluding hydrogens is 375 g/mol. The highest BCUT2D eigenvalue weighted by Crippen LogP contribution is 2.25. The number of benzene rings is 1. The first-order valence-electron chi connectivity index (χ1n) is 9.86. The molecule has 2 aliphatic rings. The maximum absolute atomic E-state index is 13.8. The first kappa shape index (κ1) is 19.2. The molecule has 9 heteroatoms. The summed E-state index contributed by atoms with van der Waals surface area (Å²) in [5.41, 5.74) is 1.48. The van der Waals surface area contributed by atoms with E-state index < -0.39 is 5.82 Å². The Bertz CT molecular complexity index is 874. The molecule has 4 rings (SSSR count). The van der Waals surface area contributed by atoms with Crippen molar-refractivity contribution in [3.05, 3.63) is 36.3 Å². The third-order valence-electron chi connectivity index (χ3n) is 5.36. The van der Waals surface area contributed by atoms with Crippen molar-refractivity contribution in [3.63, 3.8) is 0 Å². The van der Waals surface area contributed by atoms with Crippen LogP contribution in [-0.2, 0) is 0 Å². The van der Waals surface area contributed by atoms with E-state index in [-0.39, 0.29) is 17.8 Å². The van der Waals surface area contributed by atoms with E-state index in [4.69, 9.17) is 4.74 Å². The molecule has 2 aliphatic heterocycles. The SMILES string of the molecule is COc1ccc(NC(=O)NC2CCN(c3cc(N4CCCC4)cnn3)C2)cc1F. The molecular formula is C20H25FN6O2. The fourth-order valence-electron chi connectivity index (χ4n) is 3.83. The van der Waals surface area contributed by atoms with Crippen LogP contribution in [0.15, 0.2) is 30.5 Å². The molecule has 2 saturated heterocycles. The molecule has 29 heavy (non-hydrogen) atoms. The molecule has 154 valence electrons. The van der Waals surface area contributed by atoms with Gasteiger partial charge in [-0.25, -0.2) is 9.18 Å². The molecule has 0 saturated carbocycles. The van der Waals surface area contributed by atoms with Gasteiger partial charge in [0.05, 0.1) is 19.0 Å². The number of urea groups is 1. The van der Waals surface area contributed by atoms with Crippen LogP contribution < -0.4 is 25.2 Å². The Labute approximate surface area is 169 Å². The Hall–Kier alpha value is -3.10. The van der Waals surface area contributed by atoms with Crippen LogP contribution in [-0.4, -0.2) is 55.6 Å². The summed E-state index contributed by atoms with van der Waals surface area (Å²) in [6.07, 6.45) is 5.03. The molecule has 2 aromatic rings. The minimum absolute atomic E-state index is 0.0182. The standard InChI is InChI=1S/C20H25FN6O2/c1-29-18-5-4-14(10-17(18)21)23-20(28)24-15-6-9-27(13-15)19-11-16(12-22-25-19)26-7-2-3-8-26/h4-5,10-12,15H,2-3,6-9,13H2,1H3,(H2,23,24,28). The molecule has 2 fully saturated rings. The van der Waals surface area contributed by atoms with E-state index in [1.807, 2.05) is 6.20 Å². The van der Waals surface area contributed by atoms with E-state index in [1.165, 1.54) is 32.1 Å². The topological polar surface area (TPSA) is 82.6 Å². The zero-order chi connectivity index (χ0) is 20.2. The van der Waals surface area contributed by atoms with Crippen LogP contribution in [0.5, 0.6) is 5.75 Å². The molecule has 1 atom stereocenters. The second-order valence-corrected chi connectivity index (χ2v) is 7.35. The Morgan fingerprint density at radius 2 is 2.03 bits per heavy atom. The van der Waals surface area contributed by atoms with E-state index in [0.717, 1.165) is 37.6 Å². The van der Waals surface area contributed by atoms with Gasteiger partial charge in [0.1, 0.15) is 0 Å². The maximum Gasteiger partial charge on any atom is 0.319 e. The number of amides is 2. The van der Waals surface area contributed by atoms with Crippen LogP contribution in [0.25, 0.3) is 0 Å². The van der Waals surface area contributed by atoms with Crippen molar-refractivity contribution in [2.75, 3.05) is 48.4 Å². The van der Waals surface area contributed by atoms with Crippen molar-refractivity contribution < 1.29 is 13.9 Å². The number of halogens is 1. The predicted molar refractivity (Wildman–Crippen MR) is 109 cm³/mol. The fourth-order valence-corrected chi connectivity index (χ4v) is 3.83. The zero-order valence-electron chi connectivity index (χ0n) is 16.4. The number of hydrogen-bond acceptors (Lipinski definition) is 6. The Morgan fingerprint density at radius 1 is 1.21 bits per heavy atom. The maximum atomic E-state index is 13.8. The number of ether oxygens (including phenoxy) is 1. The van der Waals surface area contributed by atoms with Gasteiger partial charge in [-0.1, -0.05) is 0 Å². The lowest BCUT2D eigenvalue weighted by Gasteiger charge is -2.21. The molecule has 2 N–H and O–H groups in total. The van der Waals surface area contributed by atoms with Crippen molar-refractivity contribution >= 4 is 23.2 Å². The second-order valence-electron chi connectivity index (χ2n) is 7.35. The van der Waals surface area contributed by atoms with Crippen LogP contribution in [0.3, 0.4) is 0 Å². The minimum atomic E-state index is -0.520. The van der Waals surface area contributed by atoms with Gasteiger partial charge in [-0.15, -0.1) is 5.10 Å². The molecule has 1 aromatic carbocycles. The van der Waals surface area contributed by atoms with Gasteiger partial charge in [0.15, 0.2) is 17.4 Å². The number of carbonyl (C=O) groups is 1. The van der Waals surface area contributed by atoms with Gasteiger partial charge in [-0.3, -0.25) is 0 Å². The lowest BCUT2D eigenvalue weighted by atomic mass is 10.2. The number of methoxy groups -OCH3 is 1. The molecule has 0 radical (unpaired) electrons. The number of nitrogens with zero attached hydrogens (tertiary/aromatic N) is 4. The molecule has 0 bridgehead atoms. The Morgan fingerprint density at radius 3 is 2.79 bits per heavy atom. The molecule has 1 unspecified atom stereocenters. The van der Waals surface area contributed by atoms with E-state index in [9.17, 15) is 9.18 Å². The van der Waals surface area contributed by atoms with E-state index in [0.29, 0.717) is 12.2 Å². The van der Waals surface area contributed by atoms with Crippen molar-refractivity contribution in [1.29, 1.82) is 0 Å². The summed E-state index contributed by atoms with van der Waals surface area (Å²) in [5.74, 6) is 0.449. The summed E-state index contributed by atoms with van der Waals surface area (Å²) < 4.78 is 18.7. The van der Waals surface area contributed by atoms with Gasteiger partial charge in [0, 0.05) is 50.0 Å². The molecule has 2 amide bonds. The van der Waals surface area contributed by atoms with E-state index in [2.05, 4.69) is 36.7 Å². The number of anilines is 3. The number of nitrogens with one attached hydrogen (secondary N) is 2. The average molecular weight is 400 g/mol. The normalized spacial score (nSPS) is 18.8. The summed E-state index contributed by atoms with van der Waals surface area (Å²) in [5, 5.41) is 14.0. The van der Waals surface area contributed by atoms with Gasteiger partial charge in [0.2, 0.25) is 0 Å². The number of hydrogen-bond donors (Lipinski definition) is 2. The first-order chi connectivity index (χ1) is 14.1. The summed E-state index contributed by atoms with van der Waals surface area (Å²) in [4.78, 5) is 16.7. The van der Waals surface area contributed by atoms with Crippen LogP contribution in [0.4, 0.5) is 26.4 Å². The van der Waals surface area contributed by atoms with Gasteiger partial charge < -0.3 is 25.2 Å². The average Bonchev–Trinajstić information content (AvgIpc) is 3.40. The zero-order valence-corrected chi connectivity index (χ0v) is 16.4. The summed E-state index contributed by atoms with van der Waals surface area (Å²) in [6.45, 7) is 3.56. The lowest BCUT2D eigenvalue weighted by molar-refractivity contribution is 0.249. The summed E-state index contributed by atoms with van der Waals surface area (Å²) in [6, 6.07) is 6.00. The third kappa shape index (κ3) is 4.49. The molecule has 3 heterocycles. The van der Waals surface area contributed by atoms with E-state index in [1.54, 1.807) is 6.07 Å². The Balaban J connectivity index is 1.32. The number of rotatable bonds is 5. The monoisotopic (exact) mass is 400 g/mol. The number of carbonyl (C=O) groups excluding carboxylic acids is 1. The molecule has 0 aliphatic carbocycles. The smallest absolute Gasteiger partial charge is 0.319 e. The quantitative estimate of drug-likeness (QED) is 0.803. The van der Waals surface area contributed by atoms with Gasteiger partial charge in [-0.2, -0.15) is 5.10 Å². The third-order valence-corrected chi connectivity index (χ3v) is 5.36. The minimum Gasteiger partial charge on any atom is -0.494 e. The highest BCUT2D eigenvalue weighted by atomic mass is 19.1. The van der Waals surface area contributed by atoms with E-state index >= 15 is 0 Å². The highest BCUT2D eigenvalue weighted by molar-refractivity contribution is 5.89. The van der Waals surface area contributed by atoms with Crippen LogP contribution in [0.1, 0.15) is 19.3 Å². The second kappa shape index (κ2) is 8.50. The van der Waals surface area contributed by atoms with Crippen molar-refractivity contribution in [1.82, 2.24) is 15.5 Å². The summed E-state index contributed by atoms with van der Waals surface area (Å²) in [7, 11) is 1.40. The van der Waals surface area contributed by atoms with Crippen LogP contribution >= 0.6 is 0 Å². The fraction of sp³-hybridized carbons (Fsp3) is 0.450. The van der Waals surface area contributed by atoms with Crippen LogP contribution in [0, 0.1) is 5.82 Å². The first-order valence-corrected chi connectivity index (χ1v) is 9.86. The van der Waals surface area contributed by atoms with Gasteiger partial charge in [0.25, 0.3) is 0 Å². The van der Waals surface area contributed by atoms with Crippen molar-refractivity contribution in [2.24, 2.45) is 0 Å². The lowest BCUT2D eigenvalue weighted by Crippen LogP contribution is -2.39. The highest BCUT2D eigenvalue weighted by Gasteiger charge is 2.26. The molecule has 1 aromatic heterocycles. The molecule has 8 nitrogen and oxygen atoms in total. The predicted octanol–water partition coefficient (Wildman–Crippen LogP) is 2.62. The summed E-state index contributed by atoms with van der Waals surface area (Å²) >= 11 is 0. The molecule has 0 spiro atoms. The van der Waals surface area contributed by atoms with Crippen LogP contribution in [0.2, 0.25) is 0 Å².